The van der Waals surface area contributed by atoms with Gasteiger partial charge in [-0.05, 0) is 35.9 Å². The first-order valence-corrected chi connectivity index (χ1v) is 9.59. The van der Waals surface area contributed by atoms with Gasteiger partial charge in [-0.2, -0.15) is 5.10 Å². The van der Waals surface area contributed by atoms with Crippen molar-refractivity contribution in [2.45, 2.75) is 18.7 Å². The van der Waals surface area contributed by atoms with Crippen LogP contribution in [0.2, 0.25) is 5.02 Å². The summed E-state index contributed by atoms with van der Waals surface area (Å²) in [7, 11) is 0. The molecule has 2 aliphatic heterocycles. The molecule has 144 valence electrons. The maximum absolute atomic E-state index is 11.0. The van der Waals surface area contributed by atoms with E-state index in [2.05, 4.69) is 0 Å². The lowest BCUT2D eigenvalue weighted by atomic mass is 9.96. The summed E-state index contributed by atoms with van der Waals surface area (Å²) in [5.74, 6) is 0.753. The predicted octanol–water partition coefficient (Wildman–Crippen LogP) is 5.49. The van der Waals surface area contributed by atoms with Gasteiger partial charge in [0.25, 0.3) is 5.69 Å². The molecule has 7 heteroatoms. The summed E-state index contributed by atoms with van der Waals surface area (Å²) >= 11 is 6.25. The van der Waals surface area contributed by atoms with Gasteiger partial charge in [0.05, 0.1) is 16.7 Å². The zero-order valence-corrected chi connectivity index (χ0v) is 16.0. The van der Waals surface area contributed by atoms with Crippen LogP contribution in [0.3, 0.4) is 0 Å². The molecule has 0 bridgehead atoms. The first-order chi connectivity index (χ1) is 14.1. The number of hydrogen-bond donors (Lipinski definition) is 0. The number of ether oxygens (including phenoxy) is 1. The van der Waals surface area contributed by atoms with Crippen LogP contribution in [-0.2, 0) is 0 Å². The fraction of sp³-hybridized carbons (Fsp3) is 0.136. The van der Waals surface area contributed by atoms with Gasteiger partial charge < -0.3 is 4.74 Å². The zero-order chi connectivity index (χ0) is 20.0. The summed E-state index contributed by atoms with van der Waals surface area (Å²) in [5.41, 5.74) is 3.87. The molecule has 2 heterocycles. The molecule has 2 atom stereocenters. The lowest BCUT2D eigenvalue weighted by Gasteiger charge is -2.38. The molecule has 0 amide bonds. The minimum absolute atomic E-state index is 0.0205. The number of halogens is 1. The standard InChI is InChI=1S/C22H16ClN3O3/c23-16-8-11-21-18(12-16)20-13-19(14-4-2-1-3-5-14)24-25(20)22(29-21)15-6-9-17(10-7-15)26(27)28/h1-12,20,22H,13H2/t20-,22-/m1/s1. The fourth-order valence-electron chi connectivity index (χ4n) is 3.84. The highest BCUT2D eigenvalue weighted by atomic mass is 35.5. The van der Waals surface area contributed by atoms with Crippen molar-refractivity contribution in [1.29, 1.82) is 0 Å². The summed E-state index contributed by atoms with van der Waals surface area (Å²) in [4.78, 5) is 10.6. The third-order valence-corrected chi connectivity index (χ3v) is 5.48. The molecule has 0 aliphatic carbocycles. The number of benzene rings is 3. The van der Waals surface area contributed by atoms with E-state index >= 15 is 0 Å². The number of non-ortho nitro benzene ring substituents is 1. The molecule has 0 saturated carbocycles. The lowest BCUT2D eigenvalue weighted by Crippen LogP contribution is -2.33. The van der Waals surface area contributed by atoms with Gasteiger partial charge in [-0.3, -0.25) is 10.1 Å². The van der Waals surface area contributed by atoms with Crippen LogP contribution in [-0.4, -0.2) is 15.6 Å². The Morgan fingerprint density at radius 3 is 2.55 bits per heavy atom. The fourth-order valence-corrected chi connectivity index (χ4v) is 4.02. The average Bonchev–Trinajstić information content (AvgIpc) is 3.20. The third kappa shape index (κ3) is 3.11. The van der Waals surface area contributed by atoms with Gasteiger partial charge in [-0.25, -0.2) is 5.01 Å². The Hall–Kier alpha value is -3.38. The van der Waals surface area contributed by atoms with E-state index in [4.69, 9.17) is 21.4 Å². The molecule has 0 spiro atoms. The van der Waals surface area contributed by atoms with Crippen molar-refractivity contribution in [2.24, 2.45) is 5.10 Å². The van der Waals surface area contributed by atoms with Crippen molar-refractivity contribution in [3.63, 3.8) is 0 Å². The lowest BCUT2D eigenvalue weighted by molar-refractivity contribution is -0.384. The van der Waals surface area contributed by atoms with Crippen molar-refractivity contribution in [3.8, 4) is 5.75 Å². The molecule has 0 aromatic heterocycles. The van der Waals surface area contributed by atoms with Crippen LogP contribution in [0.1, 0.15) is 35.4 Å². The molecule has 29 heavy (non-hydrogen) atoms. The molecule has 0 N–H and O–H groups in total. The van der Waals surface area contributed by atoms with Gasteiger partial charge in [-0.1, -0.05) is 41.9 Å². The van der Waals surface area contributed by atoms with Crippen LogP contribution in [0.4, 0.5) is 5.69 Å². The Bertz CT molecular complexity index is 1120. The number of nitro groups is 1. The highest BCUT2D eigenvalue weighted by Crippen LogP contribution is 2.48. The summed E-state index contributed by atoms with van der Waals surface area (Å²) in [6.45, 7) is 0. The van der Waals surface area contributed by atoms with Gasteiger partial charge in [0.15, 0.2) is 0 Å². The van der Waals surface area contributed by atoms with Crippen molar-refractivity contribution < 1.29 is 9.66 Å². The van der Waals surface area contributed by atoms with E-state index in [1.807, 2.05) is 47.5 Å². The number of hydrogen-bond acceptors (Lipinski definition) is 5. The van der Waals surface area contributed by atoms with E-state index in [1.54, 1.807) is 18.2 Å². The van der Waals surface area contributed by atoms with Gasteiger partial charge in [0.1, 0.15) is 5.75 Å². The molecule has 0 saturated heterocycles. The Labute approximate surface area is 172 Å². The van der Waals surface area contributed by atoms with Crippen LogP contribution in [0.25, 0.3) is 0 Å². The molecular weight excluding hydrogens is 390 g/mol. The molecule has 0 fully saturated rings. The molecular formula is C22H16ClN3O3. The Kier molecular flexibility index (Phi) is 4.21. The first kappa shape index (κ1) is 17.7. The molecule has 3 aromatic rings. The largest absolute Gasteiger partial charge is 0.464 e. The molecule has 5 rings (SSSR count). The number of nitro benzene ring substituents is 1. The summed E-state index contributed by atoms with van der Waals surface area (Å²) in [5, 5.41) is 18.4. The van der Waals surface area contributed by atoms with Crippen LogP contribution in [0, 0.1) is 10.1 Å². The molecule has 2 aliphatic rings. The highest BCUT2D eigenvalue weighted by Gasteiger charge is 2.41. The summed E-state index contributed by atoms with van der Waals surface area (Å²) in [6.07, 6.45) is 0.250. The minimum atomic E-state index is -0.476. The first-order valence-electron chi connectivity index (χ1n) is 9.22. The second-order valence-electron chi connectivity index (χ2n) is 7.01. The second-order valence-corrected chi connectivity index (χ2v) is 7.45. The van der Waals surface area contributed by atoms with E-state index < -0.39 is 11.2 Å². The molecule has 6 nitrogen and oxygen atoms in total. The summed E-state index contributed by atoms with van der Waals surface area (Å²) in [6, 6.07) is 22.0. The van der Waals surface area contributed by atoms with Crippen molar-refractivity contribution in [2.75, 3.05) is 0 Å². The highest BCUT2D eigenvalue weighted by molar-refractivity contribution is 6.30. The van der Waals surface area contributed by atoms with Gasteiger partial charge >= 0.3 is 0 Å². The maximum Gasteiger partial charge on any atom is 0.269 e. The predicted molar refractivity (Wildman–Crippen MR) is 110 cm³/mol. The quantitative estimate of drug-likeness (QED) is 0.426. The Morgan fingerprint density at radius 2 is 1.83 bits per heavy atom. The van der Waals surface area contributed by atoms with Crippen LogP contribution in [0.5, 0.6) is 5.75 Å². The second kappa shape index (κ2) is 6.90. The van der Waals surface area contributed by atoms with E-state index in [0.29, 0.717) is 5.02 Å². The van der Waals surface area contributed by atoms with Crippen molar-refractivity contribution in [1.82, 2.24) is 5.01 Å². The summed E-state index contributed by atoms with van der Waals surface area (Å²) < 4.78 is 6.26. The Morgan fingerprint density at radius 1 is 1.07 bits per heavy atom. The van der Waals surface area contributed by atoms with E-state index in [9.17, 15) is 10.1 Å². The average molecular weight is 406 g/mol. The monoisotopic (exact) mass is 405 g/mol. The minimum Gasteiger partial charge on any atom is -0.464 e. The van der Waals surface area contributed by atoms with Crippen LogP contribution >= 0.6 is 11.6 Å². The van der Waals surface area contributed by atoms with Crippen LogP contribution < -0.4 is 4.74 Å². The number of hydrazone groups is 1. The van der Waals surface area contributed by atoms with Gasteiger partial charge in [0, 0.05) is 34.7 Å². The van der Waals surface area contributed by atoms with Gasteiger partial charge in [0.2, 0.25) is 6.23 Å². The third-order valence-electron chi connectivity index (χ3n) is 5.25. The van der Waals surface area contributed by atoms with Gasteiger partial charge in [-0.15, -0.1) is 0 Å². The van der Waals surface area contributed by atoms with Crippen molar-refractivity contribution >= 4 is 23.0 Å². The van der Waals surface area contributed by atoms with E-state index in [1.165, 1.54) is 12.1 Å². The number of nitrogens with zero attached hydrogens (tertiary/aromatic N) is 3. The van der Waals surface area contributed by atoms with E-state index in [-0.39, 0.29) is 11.7 Å². The van der Waals surface area contributed by atoms with E-state index in [0.717, 1.165) is 34.6 Å². The number of fused-ring (bicyclic) bond motifs is 3. The molecule has 0 radical (unpaired) electrons. The zero-order valence-electron chi connectivity index (χ0n) is 15.2. The smallest absolute Gasteiger partial charge is 0.269 e. The SMILES string of the molecule is O=[N+]([O-])c1ccc([C@H]2Oc3ccc(Cl)cc3[C@H]3CC(c4ccccc4)=NN32)cc1. The maximum atomic E-state index is 11.0. The molecule has 3 aromatic carbocycles. The number of rotatable bonds is 3. The van der Waals surface area contributed by atoms with Crippen molar-refractivity contribution in [3.05, 3.63) is 105 Å². The Balaban J connectivity index is 1.58. The molecule has 0 unspecified atom stereocenters. The normalized spacial score (nSPS) is 19.8. The van der Waals surface area contributed by atoms with Crippen LogP contribution in [0.15, 0.2) is 77.9 Å². The topological polar surface area (TPSA) is 68.0 Å².